The molecule has 20 heavy (non-hydrogen) atoms. The Bertz CT molecular complexity index is 478. The van der Waals surface area contributed by atoms with Crippen LogP contribution in [0.25, 0.3) is 0 Å². The van der Waals surface area contributed by atoms with Crippen molar-refractivity contribution in [2.75, 3.05) is 19.7 Å². The smallest absolute Gasteiger partial charge is 0.126 e. The van der Waals surface area contributed by atoms with E-state index in [1.54, 1.807) is 0 Å². The van der Waals surface area contributed by atoms with Gasteiger partial charge in [0.05, 0.1) is 6.10 Å². The van der Waals surface area contributed by atoms with E-state index in [1.807, 2.05) is 0 Å². The minimum absolute atomic E-state index is 0.0633. The molecule has 110 valence electrons. The predicted octanol–water partition coefficient (Wildman–Crippen LogP) is 3.40. The molecule has 1 aromatic carbocycles. The Morgan fingerprint density at radius 2 is 2.30 bits per heavy atom. The van der Waals surface area contributed by atoms with Crippen LogP contribution >= 0.6 is 0 Å². The maximum atomic E-state index is 6.35. The summed E-state index contributed by atoms with van der Waals surface area (Å²) in [6, 6.07) is 6.60. The first kappa shape index (κ1) is 13.9. The van der Waals surface area contributed by atoms with Gasteiger partial charge in [0.1, 0.15) is 11.4 Å². The lowest BCUT2D eigenvalue weighted by atomic mass is 9.86. The monoisotopic (exact) mass is 275 g/mol. The molecule has 2 unspecified atom stereocenters. The van der Waals surface area contributed by atoms with Gasteiger partial charge in [0.25, 0.3) is 0 Å². The largest absolute Gasteiger partial charge is 0.485 e. The van der Waals surface area contributed by atoms with Gasteiger partial charge in [-0.1, -0.05) is 19.9 Å². The Balaban J connectivity index is 1.96. The maximum absolute atomic E-state index is 6.35. The molecule has 1 N–H and O–H groups in total. The molecule has 2 aliphatic heterocycles. The standard InChI is InChI=1S/C17H25NO2/c1-4-19-16-10-17(7-8-18-11-17)20-15-6-5-13(12(2)3)9-14(15)16/h5-6,9,12,16,18H,4,7-8,10-11H2,1-3H3. The SMILES string of the molecule is CCOC1CC2(CCNC2)Oc2ccc(C(C)C)cc21. The van der Waals surface area contributed by atoms with Crippen molar-refractivity contribution in [1.82, 2.24) is 5.32 Å². The quantitative estimate of drug-likeness (QED) is 0.917. The zero-order valence-electron chi connectivity index (χ0n) is 12.7. The van der Waals surface area contributed by atoms with Gasteiger partial charge in [-0.25, -0.2) is 0 Å². The Hall–Kier alpha value is -1.06. The van der Waals surface area contributed by atoms with Crippen LogP contribution in [0, 0.1) is 0 Å². The molecule has 2 heterocycles. The first-order valence-corrected chi connectivity index (χ1v) is 7.79. The molecule has 2 aliphatic rings. The van der Waals surface area contributed by atoms with Crippen LogP contribution in [0.2, 0.25) is 0 Å². The van der Waals surface area contributed by atoms with Gasteiger partial charge in [-0.05, 0) is 37.1 Å². The molecule has 1 spiro atoms. The van der Waals surface area contributed by atoms with E-state index < -0.39 is 0 Å². The van der Waals surface area contributed by atoms with Gasteiger partial charge in [0.15, 0.2) is 0 Å². The average molecular weight is 275 g/mol. The van der Waals surface area contributed by atoms with Crippen molar-refractivity contribution in [3.05, 3.63) is 29.3 Å². The lowest BCUT2D eigenvalue weighted by Crippen LogP contribution is -2.43. The van der Waals surface area contributed by atoms with Crippen molar-refractivity contribution in [2.45, 2.75) is 51.2 Å². The van der Waals surface area contributed by atoms with Gasteiger partial charge in [-0.3, -0.25) is 0 Å². The predicted molar refractivity (Wildman–Crippen MR) is 80.4 cm³/mol. The highest BCUT2D eigenvalue weighted by Gasteiger charge is 2.43. The Morgan fingerprint density at radius 1 is 1.45 bits per heavy atom. The van der Waals surface area contributed by atoms with Gasteiger partial charge >= 0.3 is 0 Å². The van der Waals surface area contributed by atoms with Crippen molar-refractivity contribution >= 4 is 0 Å². The van der Waals surface area contributed by atoms with E-state index in [9.17, 15) is 0 Å². The summed E-state index contributed by atoms with van der Waals surface area (Å²) < 4.78 is 12.4. The second-order valence-corrected chi connectivity index (χ2v) is 6.31. The molecule has 0 aromatic heterocycles. The number of nitrogens with one attached hydrogen (secondary N) is 1. The summed E-state index contributed by atoms with van der Waals surface area (Å²) in [6.07, 6.45) is 2.20. The molecule has 1 saturated heterocycles. The summed E-state index contributed by atoms with van der Waals surface area (Å²) in [7, 11) is 0. The van der Waals surface area contributed by atoms with E-state index in [2.05, 4.69) is 44.3 Å². The normalized spacial score (nSPS) is 28.7. The zero-order valence-corrected chi connectivity index (χ0v) is 12.7. The molecule has 3 heteroatoms. The topological polar surface area (TPSA) is 30.5 Å². The lowest BCUT2D eigenvalue weighted by Gasteiger charge is -2.39. The van der Waals surface area contributed by atoms with Gasteiger partial charge in [-0.15, -0.1) is 0 Å². The molecule has 0 radical (unpaired) electrons. The number of hydrogen-bond acceptors (Lipinski definition) is 3. The summed E-state index contributed by atoms with van der Waals surface area (Å²) in [6.45, 7) is 9.24. The third kappa shape index (κ3) is 2.45. The van der Waals surface area contributed by atoms with Crippen LogP contribution in [0.3, 0.4) is 0 Å². The highest BCUT2D eigenvalue weighted by molar-refractivity contribution is 5.42. The van der Waals surface area contributed by atoms with Crippen molar-refractivity contribution in [2.24, 2.45) is 0 Å². The summed E-state index contributed by atoms with van der Waals surface area (Å²) in [5.74, 6) is 1.55. The fourth-order valence-electron chi connectivity index (χ4n) is 3.33. The number of benzene rings is 1. The van der Waals surface area contributed by atoms with Gasteiger partial charge in [0, 0.05) is 31.6 Å². The Kier molecular flexibility index (Phi) is 3.74. The second kappa shape index (κ2) is 5.38. The molecule has 0 aliphatic carbocycles. The van der Waals surface area contributed by atoms with Crippen molar-refractivity contribution < 1.29 is 9.47 Å². The van der Waals surface area contributed by atoms with Crippen molar-refractivity contribution in [3.63, 3.8) is 0 Å². The minimum atomic E-state index is -0.0633. The van der Waals surface area contributed by atoms with Crippen molar-refractivity contribution in [1.29, 1.82) is 0 Å². The Morgan fingerprint density at radius 3 is 2.95 bits per heavy atom. The molecule has 1 fully saturated rings. The van der Waals surface area contributed by atoms with E-state index in [-0.39, 0.29) is 11.7 Å². The van der Waals surface area contributed by atoms with Crippen molar-refractivity contribution in [3.8, 4) is 5.75 Å². The summed E-state index contributed by atoms with van der Waals surface area (Å²) >= 11 is 0. The fraction of sp³-hybridized carbons (Fsp3) is 0.647. The van der Waals surface area contributed by atoms with Gasteiger partial charge in [-0.2, -0.15) is 0 Å². The number of fused-ring (bicyclic) bond motifs is 1. The third-order valence-corrected chi connectivity index (χ3v) is 4.50. The first-order chi connectivity index (χ1) is 9.63. The van der Waals surface area contributed by atoms with E-state index in [0.29, 0.717) is 5.92 Å². The van der Waals surface area contributed by atoms with E-state index >= 15 is 0 Å². The van der Waals surface area contributed by atoms with Crippen LogP contribution in [0.4, 0.5) is 0 Å². The maximum Gasteiger partial charge on any atom is 0.126 e. The summed E-state index contributed by atoms with van der Waals surface area (Å²) in [5, 5.41) is 3.43. The summed E-state index contributed by atoms with van der Waals surface area (Å²) in [5.41, 5.74) is 2.53. The van der Waals surface area contributed by atoms with E-state index in [4.69, 9.17) is 9.47 Å². The molecule has 2 atom stereocenters. The molecule has 3 nitrogen and oxygen atoms in total. The fourth-order valence-corrected chi connectivity index (χ4v) is 3.33. The molecule has 1 aromatic rings. The molecule has 0 saturated carbocycles. The van der Waals surface area contributed by atoms with Crippen LogP contribution < -0.4 is 10.1 Å². The second-order valence-electron chi connectivity index (χ2n) is 6.31. The minimum Gasteiger partial charge on any atom is -0.485 e. The lowest BCUT2D eigenvalue weighted by molar-refractivity contribution is -0.0354. The molecule has 0 amide bonds. The zero-order chi connectivity index (χ0) is 14.2. The molecule has 3 rings (SSSR count). The van der Waals surface area contributed by atoms with Gasteiger partial charge in [0.2, 0.25) is 0 Å². The molecular weight excluding hydrogens is 250 g/mol. The highest BCUT2D eigenvalue weighted by Crippen LogP contribution is 2.44. The van der Waals surface area contributed by atoms with Crippen LogP contribution in [0.15, 0.2) is 18.2 Å². The highest BCUT2D eigenvalue weighted by atomic mass is 16.5. The number of ether oxygens (including phenoxy) is 2. The number of hydrogen-bond donors (Lipinski definition) is 1. The first-order valence-electron chi connectivity index (χ1n) is 7.79. The summed E-state index contributed by atoms with van der Waals surface area (Å²) in [4.78, 5) is 0. The van der Waals surface area contributed by atoms with Crippen LogP contribution in [-0.4, -0.2) is 25.3 Å². The van der Waals surface area contributed by atoms with E-state index in [0.717, 1.165) is 38.3 Å². The average Bonchev–Trinajstić information content (AvgIpc) is 2.86. The molecular formula is C17H25NO2. The van der Waals surface area contributed by atoms with Crippen LogP contribution in [-0.2, 0) is 4.74 Å². The number of rotatable bonds is 3. The van der Waals surface area contributed by atoms with Crippen LogP contribution in [0.1, 0.15) is 56.8 Å². The third-order valence-electron chi connectivity index (χ3n) is 4.50. The Labute approximate surface area is 121 Å². The van der Waals surface area contributed by atoms with E-state index in [1.165, 1.54) is 11.1 Å². The van der Waals surface area contributed by atoms with Crippen LogP contribution in [0.5, 0.6) is 5.75 Å². The van der Waals surface area contributed by atoms with Gasteiger partial charge < -0.3 is 14.8 Å². The molecule has 0 bridgehead atoms.